The van der Waals surface area contributed by atoms with E-state index in [0.29, 0.717) is 17.5 Å². The van der Waals surface area contributed by atoms with Gasteiger partial charge < -0.3 is 76.7 Å². The van der Waals surface area contributed by atoms with E-state index in [4.69, 9.17) is 34.4 Å². The van der Waals surface area contributed by atoms with E-state index in [-0.39, 0.29) is 68.3 Å². The van der Waals surface area contributed by atoms with Crippen LogP contribution in [-0.2, 0) is 65.6 Å². The number of hydrogen-bond acceptors (Lipinski definition) is 16. The van der Waals surface area contributed by atoms with Gasteiger partial charge in [-0.25, -0.2) is 0 Å². The van der Waals surface area contributed by atoms with Gasteiger partial charge in [-0.1, -0.05) is 70.5 Å². The van der Waals surface area contributed by atoms with E-state index in [1.165, 1.54) is 24.3 Å². The Labute approximate surface area is 439 Å². The number of ketones is 1. The number of guanidine groups is 1. The van der Waals surface area contributed by atoms with Crippen LogP contribution in [0.15, 0.2) is 59.6 Å². The molecule has 0 bridgehead atoms. The monoisotopic (exact) mass is 1080 g/mol. The molecule has 10 amide bonds. The summed E-state index contributed by atoms with van der Waals surface area (Å²) in [6, 6.07) is 4.17. The summed E-state index contributed by atoms with van der Waals surface area (Å²) >= 11 is 0. The number of aliphatic imine (C=N–C) groups is 1. The summed E-state index contributed by atoms with van der Waals surface area (Å²) in [5.74, 6) is -12.2. The highest BCUT2D eigenvalue weighted by Gasteiger charge is 2.43. The minimum Gasteiger partial charge on any atom is -0.508 e. The van der Waals surface area contributed by atoms with Gasteiger partial charge in [0.25, 0.3) is 0 Å². The van der Waals surface area contributed by atoms with E-state index in [1.54, 1.807) is 30.3 Å². The maximum absolute atomic E-state index is 14.7. The zero-order chi connectivity index (χ0) is 55.2. The number of nitrogens with two attached hydrogens (primary N) is 6. The molecule has 2 aromatic rings. The number of phenolic OH excluding ortho intramolecular Hbond substituents is 1. The Balaban J connectivity index is 1.71. The predicted molar refractivity (Wildman–Crippen MR) is 277 cm³/mol. The van der Waals surface area contributed by atoms with Gasteiger partial charge in [0.15, 0.2) is 11.7 Å². The highest BCUT2D eigenvalue weighted by atomic mass is 33.1. The molecule has 1 aliphatic carbocycles. The normalized spacial score (nSPS) is 23.6. The fourth-order valence-electron chi connectivity index (χ4n) is 8.20. The van der Waals surface area contributed by atoms with Crippen molar-refractivity contribution in [3.05, 3.63) is 65.7 Å². The third-order valence-corrected chi connectivity index (χ3v) is 14.5. The SMILES string of the molecule is NC(=O)CC[C@@H]1NC(=O)[C@H](Cc2ccccc2)NC(=O)[C@H](Cc2ccc(O)cc2)NC(=O)[C@@H](N)CSSC[C@@H](C(=O)C2CCC[C@H]2C(=O)N[C@@H](CCCN=C(N)N)C(=O)NCC(N)=O)NC(=O)[C@H](CC(N)=O)NC1=O. The van der Waals surface area contributed by atoms with Crippen molar-refractivity contribution in [1.82, 2.24) is 37.2 Å². The van der Waals surface area contributed by atoms with Crippen LogP contribution in [0, 0.1) is 11.8 Å². The summed E-state index contributed by atoms with van der Waals surface area (Å²) in [6.07, 6.45) is -1.000. The van der Waals surface area contributed by atoms with Crippen molar-refractivity contribution in [3.63, 3.8) is 0 Å². The van der Waals surface area contributed by atoms with Gasteiger partial charge in [0.05, 0.1) is 25.0 Å². The van der Waals surface area contributed by atoms with Crippen LogP contribution >= 0.6 is 21.6 Å². The molecule has 0 radical (unpaired) electrons. The summed E-state index contributed by atoms with van der Waals surface area (Å²) in [4.78, 5) is 152. The predicted octanol–water partition coefficient (Wildman–Crippen LogP) is -4.41. The minimum atomic E-state index is -1.78. The quantitative estimate of drug-likeness (QED) is 0.0258. The number of primary amides is 3. The van der Waals surface area contributed by atoms with Crippen LogP contribution < -0.4 is 71.6 Å². The first kappa shape index (κ1) is 60.1. The van der Waals surface area contributed by atoms with Crippen molar-refractivity contribution in [2.75, 3.05) is 24.6 Å². The van der Waals surface area contributed by atoms with Gasteiger partial charge in [0.2, 0.25) is 59.1 Å². The van der Waals surface area contributed by atoms with Crippen LogP contribution in [0.2, 0.25) is 0 Å². The standard InChI is InChI=1S/C47H66N14O12S2/c48-29-22-74-75-23-35(39(66)27-8-4-9-28(27)40(67)56-30(10-5-17-54-47(52)53)42(69)55-21-38(51)65)61-46(73)34(20-37(50)64)60-43(70)31(15-16-36(49)63)57-44(71)33(18-24-6-2-1-3-7-24)59-45(72)32(58-41(29)68)19-25-11-13-26(62)14-12-25/h1-3,6-7,11-14,27-35,62H,4-5,8-10,15-23,48H2,(H2,49,63)(H2,50,64)(H2,51,65)(H,55,69)(H,56,67)(H,57,71)(H,58,68)(H,59,72)(H,60,70)(H,61,73)(H4,52,53,54)/t27?,28-,29+,30+,31+,32+,33+,34+,35+/m1/s1. The molecule has 2 fully saturated rings. The number of benzene rings is 2. The average molecular weight is 1080 g/mol. The van der Waals surface area contributed by atoms with E-state index in [9.17, 15) is 57.8 Å². The molecule has 408 valence electrons. The van der Waals surface area contributed by atoms with E-state index < -0.39 is 145 Å². The Morgan fingerprint density at radius 2 is 1.23 bits per heavy atom. The topological polar surface area (TPSA) is 461 Å². The second kappa shape index (κ2) is 30.0. The van der Waals surface area contributed by atoms with Crippen LogP contribution in [0.4, 0.5) is 0 Å². The largest absolute Gasteiger partial charge is 0.508 e. The lowest BCUT2D eigenvalue weighted by Gasteiger charge is -2.28. The number of carbonyl (C=O) groups is 11. The van der Waals surface area contributed by atoms with Crippen LogP contribution in [0.25, 0.3) is 0 Å². The molecule has 20 N–H and O–H groups in total. The molecule has 1 aliphatic heterocycles. The molecule has 9 atom stereocenters. The number of amides is 10. The van der Waals surface area contributed by atoms with Crippen molar-refractivity contribution in [2.45, 2.75) is 107 Å². The van der Waals surface area contributed by atoms with Crippen LogP contribution in [0.5, 0.6) is 5.75 Å². The summed E-state index contributed by atoms with van der Waals surface area (Å²) in [6.45, 7) is -0.424. The molecule has 1 heterocycles. The van der Waals surface area contributed by atoms with Crippen molar-refractivity contribution < 1.29 is 57.8 Å². The Hall–Kier alpha value is -7.46. The lowest BCUT2D eigenvalue weighted by molar-refractivity contribution is -0.137. The van der Waals surface area contributed by atoms with Gasteiger partial charge >= 0.3 is 0 Å². The average Bonchev–Trinajstić information content (AvgIpc) is 3.86. The summed E-state index contributed by atoms with van der Waals surface area (Å²) in [7, 11) is 2.04. The first-order valence-corrected chi connectivity index (χ1v) is 26.5. The number of aromatic hydroxyl groups is 1. The Morgan fingerprint density at radius 1 is 0.667 bits per heavy atom. The molecule has 26 nitrogen and oxygen atoms in total. The Morgan fingerprint density at radius 3 is 1.84 bits per heavy atom. The summed E-state index contributed by atoms with van der Waals surface area (Å²) in [5, 5.41) is 27.8. The first-order valence-electron chi connectivity index (χ1n) is 24.0. The molecule has 4 rings (SSSR count). The number of Topliss-reactive ketones (excluding diaryl/α,β-unsaturated/α-hetero) is 1. The number of nitrogens with zero attached hydrogens (tertiary/aromatic N) is 1. The van der Waals surface area contributed by atoms with Crippen molar-refractivity contribution in [2.24, 2.45) is 51.2 Å². The maximum Gasteiger partial charge on any atom is 0.243 e. The van der Waals surface area contributed by atoms with Crippen LogP contribution in [-0.4, -0.2) is 143 Å². The second-order valence-electron chi connectivity index (χ2n) is 18.0. The van der Waals surface area contributed by atoms with Gasteiger partial charge in [0.1, 0.15) is 36.0 Å². The third kappa shape index (κ3) is 20.4. The van der Waals surface area contributed by atoms with Gasteiger partial charge in [-0.15, -0.1) is 0 Å². The number of carbonyl (C=O) groups excluding carboxylic acids is 11. The smallest absolute Gasteiger partial charge is 0.243 e. The highest BCUT2D eigenvalue weighted by Crippen LogP contribution is 2.35. The molecule has 1 unspecified atom stereocenters. The first-order chi connectivity index (χ1) is 35.6. The Bertz CT molecular complexity index is 2410. The zero-order valence-electron chi connectivity index (χ0n) is 41.0. The fraction of sp³-hybridized carbons (Fsp3) is 0.489. The van der Waals surface area contributed by atoms with Gasteiger partial charge in [0, 0.05) is 49.1 Å². The second-order valence-corrected chi connectivity index (χ2v) is 20.5. The number of nitrogens with one attached hydrogen (secondary N) is 7. The van der Waals surface area contributed by atoms with E-state index >= 15 is 0 Å². The Kier molecular flexibility index (Phi) is 24.1. The minimum absolute atomic E-state index is 0.0196. The lowest BCUT2D eigenvalue weighted by Crippen LogP contribution is -2.60. The molecular weight excluding hydrogens is 1020 g/mol. The maximum atomic E-state index is 14.7. The molecule has 0 spiro atoms. The van der Waals surface area contributed by atoms with Crippen LogP contribution in [0.3, 0.4) is 0 Å². The summed E-state index contributed by atoms with van der Waals surface area (Å²) < 4.78 is 0. The van der Waals surface area contributed by atoms with Crippen LogP contribution in [0.1, 0.15) is 62.5 Å². The molecule has 28 heteroatoms. The molecular formula is C47H66N14O12S2. The third-order valence-electron chi connectivity index (χ3n) is 12.1. The zero-order valence-corrected chi connectivity index (χ0v) is 42.6. The number of hydrogen-bond donors (Lipinski definition) is 14. The summed E-state index contributed by atoms with van der Waals surface area (Å²) in [5.41, 5.74) is 34.5. The van der Waals surface area contributed by atoms with E-state index in [2.05, 4.69) is 42.2 Å². The van der Waals surface area contributed by atoms with Crippen molar-refractivity contribution >= 4 is 92.4 Å². The number of phenols is 1. The molecule has 1 saturated heterocycles. The number of rotatable bonds is 20. The fourth-order valence-corrected chi connectivity index (χ4v) is 10.5. The van der Waals surface area contributed by atoms with Gasteiger partial charge in [-0.2, -0.15) is 0 Å². The van der Waals surface area contributed by atoms with E-state index in [1.807, 2.05) is 0 Å². The van der Waals surface area contributed by atoms with Crippen molar-refractivity contribution in [1.29, 1.82) is 0 Å². The molecule has 0 aromatic heterocycles. The van der Waals surface area contributed by atoms with Gasteiger partial charge in [-0.05, 0) is 55.4 Å². The highest BCUT2D eigenvalue weighted by molar-refractivity contribution is 8.76. The molecule has 75 heavy (non-hydrogen) atoms. The molecule has 1 saturated carbocycles. The van der Waals surface area contributed by atoms with Crippen molar-refractivity contribution in [3.8, 4) is 5.75 Å². The molecule has 2 aromatic carbocycles. The van der Waals surface area contributed by atoms with E-state index in [0.717, 1.165) is 21.6 Å². The van der Waals surface area contributed by atoms with Gasteiger partial charge in [-0.3, -0.25) is 57.7 Å². The lowest BCUT2D eigenvalue weighted by atomic mass is 9.87. The molecule has 2 aliphatic rings.